The topological polar surface area (TPSA) is 83.0 Å². The van der Waals surface area contributed by atoms with Gasteiger partial charge in [-0.2, -0.15) is 0 Å². The molecule has 0 aromatic heterocycles. The van der Waals surface area contributed by atoms with Crippen LogP contribution in [0.1, 0.15) is 12.5 Å². The second-order valence-corrected chi connectivity index (χ2v) is 5.32. The van der Waals surface area contributed by atoms with E-state index in [1.807, 2.05) is 12.1 Å². The number of nitrogens with zero attached hydrogens (tertiary/aromatic N) is 1. The van der Waals surface area contributed by atoms with Gasteiger partial charge in [-0.05, 0) is 25.1 Å². The van der Waals surface area contributed by atoms with E-state index < -0.39 is 0 Å². The minimum Gasteiger partial charge on any atom is -0.475 e. The average molecular weight is 342 g/mol. The Morgan fingerprint density at radius 3 is 3.05 bits per heavy atom. The molecule has 1 aromatic carbocycles. The number of aliphatic imine (C=N–C) groups is 1. The van der Waals surface area contributed by atoms with E-state index in [1.54, 1.807) is 13.0 Å². The molecule has 0 bridgehead atoms. The van der Waals surface area contributed by atoms with Crippen molar-refractivity contribution < 1.29 is 14.6 Å². The van der Waals surface area contributed by atoms with E-state index in [2.05, 4.69) is 31.6 Å². The van der Waals surface area contributed by atoms with Crippen molar-refractivity contribution in [3.63, 3.8) is 0 Å². The first kappa shape index (κ1) is 14.8. The van der Waals surface area contributed by atoms with Crippen LogP contribution in [0.3, 0.4) is 0 Å². The molecule has 3 N–H and O–H groups in total. The van der Waals surface area contributed by atoms with E-state index in [-0.39, 0.29) is 18.7 Å². The third kappa shape index (κ3) is 3.71. The highest BCUT2D eigenvalue weighted by Gasteiger charge is 2.17. The van der Waals surface area contributed by atoms with Gasteiger partial charge in [-0.15, -0.1) is 0 Å². The van der Waals surface area contributed by atoms with Gasteiger partial charge in [0.05, 0.1) is 30.4 Å². The molecule has 6 nitrogen and oxygen atoms in total. The number of aliphatic hydroxyl groups is 1. The number of amides is 2. The molecule has 1 aromatic rings. The van der Waals surface area contributed by atoms with Gasteiger partial charge in [-0.1, -0.05) is 15.9 Å². The number of carbonyl (C=O) groups is 1. The monoisotopic (exact) mass is 341 g/mol. The van der Waals surface area contributed by atoms with Gasteiger partial charge < -0.3 is 20.5 Å². The van der Waals surface area contributed by atoms with Crippen molar-refractivity contribution in [1.82, 2.24) is 5.32 Å². The van der Waals surface area contributed by atoms with Crippen LogP contribution in [0.5, 0.6) is 0 Å². The maximum absolute atomic E-state index is 11.8. The highest BCUT2D eigenvalue weighted by molar-refractivity contribution is 9.10. The number of benzene rings is 1. The zero-order chi connectivity index (χ0) is 14.5. The molecule has 1 atom stereocenters. The van der Waals surface area contributed by atoms with Crippen LogP contribution >= 0.6 is 15.9 Å². The number of ether oxygens (including phenoxy) is 1. The number of hydrogen-bond donors (Lipinski definition) is 3. The van der Waals surface area contributed by atoms with Crippen molar-refractivity contribution >= 4 is 33.5 Å². The molecule has 1 heterocycles. The summed E-state index contributed by atoms with van der Waals surface area (Å²) in [5, 5.41) is 14.3. The molecule has 2 rings (SSSR count). The minimum absolute atomic E-state index is 0.116. The molecule has 20 heavy (non-hydrogen) atoms. The highest BCUT2D eigenvalue weighted by Crippen LogP contribution is 2.23. The minimum atomic E-state index is -0.385. The van der Waals surface area contributed by atoms with Gasteiger partial charge in [0.1, 0.15) is 6.61 Å². The van der Waals surface area contributed by atoms with E-state index in [0.717, 1.165) is 10.0 Å². The lowest BCUT2D eigenvalue weighted by atomic mass is 10.1. The normalized spacial score (nSPS) is 15.2. The number of halogens is 1. The smallest absolute Gasteiger partial charge is 0.319 e. The molecular formula is C13H16BrN3O3. The second-order valence-electron chi connectivity index (χ2n) is 4.41. The van der Waals surface area contributed by atoms with Crippen LogP contribution in [0.15, 0.2) is 27.7 Å². The number of hydrogen-bond acceptors (Lipinski definition) is 4. The summed E-state index contributed by atoms with van der Waals surface area (Å²) in [6.07, 6.45) is 0. The van der Waals surface area contributed by atoms with Crippen LogP contribution in [-0.2, 0) is 4.74 Å². The Bertz CT molecular complexity index is 534. The third-order valence-electron chi connectivity index (χ3n) is 2.70. The molecule has 0 saturated carbocycles. The van der Waals surface area contributed by atoms with Crippen LogP contribution in [0.2, 0.25) is 0 Å². The zero-order valence-electron chi connectivity index (χ0n) is 11.0. The van der Waals surface area contributed by atoms with Crippen LogP contribution in [-0.4, -0.2) is 42.8 Å². The SMILES string of the molecule is CC(CO)NC(=O)Nc1cc(Br)ccc1C1=NCCO1. The summed E-state index contributed by atoms with van der Waals surface area (Å²) in [7, 11) is 0. The van der Waals surface area contributed by atoms with E-state index in [9.17, 15) is 4.79 Å². The van der Waals surface area contributed by atoms with Gasteiger partial charge in [0.15, 0.2) is 0 Å². The summed E-state index contributed by atoms with van der Waals surface area (Å²) in [4.78, 5) is 16.1. The lowest BCUT2D eigenvalue weighted by molar-refractivity contribution is 0.229. The van der Waals surface area contributed by atoms with Crippen molar-refractivity contribution in [2.24, 2.45) is 4.99 Å². The third-order valence-corrected chi connectivity index (χ3v) is 3.19. The van der Waals surface area contributed by atoms with Crippen LogP contribution in [0, 0.1) is 0 Å². The van der Waals surface area contributed by atoms with Crippen molar-refractivity contribution in [1.29, 1.82) is 0 Å². The number of anilines is 1. The summed E-state index contributed by atoms with van der Waals surface area (Å²) in [5.41, 5.74) is 1.33. The van der Waals surface area contributed by atoms with Gasteiger partial charge in [-0.25, -0.2) is 9.79 Å². The standard InChI is InChI=1S/C13H16BrN3O3/c1-8(7-18)16-13(19)17-11-6-9(14)2-3-10(11)12-15-4-5-20-12/h2-3,6,8,18H,4-5,7H2,1H3,(H2,16,17,19). The van der Waals surface area contributed by atoms with E-state index >= 15 is 0 Å². The van der Waals surface area contributed by atoms with Gasteiger partial charge in [-0.3, -0.25) is 0 Å². The molecule has 2 amide bonds. The Labute approximate surface area is 125 Å². The Hall–Kier alpha value is -1.60. The number of rotatable bonds is 4. The summed E-state index contributed by atoms with van der Waals surface area (Å²) in [5.74, 6) is 0.531. The predicted octanol–water partition coefficient (Wildman–Crippen LogP) is 1.73. The van der Waals surface area contributed by atoms with Crippen LogP contribution < -0.4 is 10.6 Å². The maximum atomic E-state index is 11.8. The van der Waals surface area contributed by atoms with Crippen molar-refractivity contribution in [2.45, 2.75) is 13.0 Å². The summed E-state index contributed by atoms with van der Waals surface area (Å²) in [6, 6.07) is 4.77. The van der Waals surface area contributed by atoms with Crippen LogP contribution in [0.25, 0.3) is 0 Å². The fraction of sp³-hybridized carbons (Fsp3) is 0.385. The molecule has 0 spiro atoms. The molecular weight excluding hydrogens is 326 g/mol. The molecule has 1 unspecified atom stereocenters. The van der Waals surface area contributed by atoms with E-state index in [1.165, 1.54) is 0 Å². The molecule has 0 saturated heterocycles. The number of carbonyl (C=O) groups excluding carboxylic acids is 1. The summed E-state index contributed by atoms with van der Waals surface area (Å²) in [6.45, 7) is 2.78. The number of aliphatic hydroxyl groups excluding tert-OH is 1. The Balaban J connectivity index is 2.17. The Morgan fingerprint density at radius 2 is 2.40 bits per heavy atom. The average Bonchev–Trinajstić information content (AvgIpc) is 2.92. The predicted molar refractivity (Wildman–Crippen MR) is 80.2 cm³/mol. The van der Waals surface area contributed by atoms with E-state index in [0.29, 0.717) is 24.7 Å². The second kappa shape index (κ2) is 6.71. The van der Waals surface area contributed by atoms with Gasteiger partial charge in [0.25, 0.3) is 0 Å². The molecule has 108 valence electrons. The van der Waals surface area contributed by atoms with Crippen molar-refractivity contribution in [3.05, 3.63) is 28.2 Å². The van der Waals surface area contributed by atoms with E-state index in [4.69, 9.17) is 9.84 Å². The summed E-state index contributed by atoms with van der Waals surface area (Å²) < 4.78 is 6.26. The van der Waals surface area contributed by atoms with Crippen molar-refractivity contribution in [2.75, 3.05) is 25.1 Å². The Kier molecular flexibility index (Phi) is 4.97. The largest absolute Gasteiger partial charge is 0.475 e. The highest BCUT2D eigenvalue weighted by atomic mass is 79.9. The maximum Gasteiger partial charge on any atom is 0.319 e. The molecule has 0 aliphatic carbocycles. The van der Waals surface area contributed by atoms with Crippen LogP contribution in [0.4, 0.5) is 10.5 Å². The molecule has 1 aliphatic heterocycles. The quantitative estimate of drug-likeness (QED) is 0.779. The van der Waals surface area contributed by atoms with Gasteiger partial charge in [0, 0.05) is 4.47 Å². The molecule has 1 aliphatic rings. The summed E-state index contributed by atoms with van der Waals surface area (Å²) >= 11 is 3.37. The first-order chi connectivity index (χ1) is 9.60. The van der Waals surface area contributed by atoms with Crippen molar-refractivity contribution in [3.8, 4) is 0 Å². The Morgan fingerprint density at radius 1 is 1.60 bits per heavy atom. The van der Waals surface area contributed by atoms with Gasteiger partial charge in [0.2, 0.25) is 5.90 Å². The lowest BCUT2D eigenvalue weighted by Crippen LogP contribution is -2.38. The number of nitrogens with one attached hydrogen (secondary N) is 2. The molecule has 0 fully saturated rings. The fourth-order valence-corrected chi connectivity index (χ4v) is 2.09. The first-order valence-electron chi connectivity index (χ1n) is 6.25. The first-order valence-corrected chi connectivity index (χ1v) is 7.05. The zero-order valence-corrected chi connectivity index (χ0v) is 12.6. The van der Waals surface area contributed by atoms with Gasteiger partial charge >= 0.3 is 6.03 Å². The fourth-order valence-electron chi connectivity index (χ4n) is 1.73. The molecule has 7 heteroatoms. The lowest BCUT2D eigenvalue weighted by Gasteiger charge is -2.14. The number of urea groups is 1. The molecule has 0 radical (unpaired) electrons.